The molecule has 1 aromatic carbocycles. The number of carbonyl (C=O) groups is 1. The summed E-state index contributed by atoms with van der Waals surface area (Å²) in [5, 5.41) is 0. The van der Waals surface area contributed by atoms with E-state index in [0.29, 0.717) is 25.2 Å². The van der Waals surface area contributed by atoms with Crippen LogP contribution in [0.25, 0.3) is 0 Å². The number of nitrogens with zero attached hydrogens (tertiary/aromatic N) is 1. The minimum absolute atomic E-state index is 0.0167. The van der Waals surface area contributed by atoms with Crippen LogP contribution >= 0.6 is 0 Å². The van der Waals surface area contributed by atoms with Gasteiger partial charge in [0.2, 0.25) is 0 Å². The van der Waals surface area contributed by atoms with Crippen molar-refractivity contribution >= 4 is 14.0 Å². The van der Waals surface area contributed by atoms with E-state index in [9.17, 15) is 4.79 Å². The van der Waals surface area contributed by atoms with Crippen molar-refractivity contribution in [3.8, 4) is 17.2 Å². The summed E-state index contributed by atoms with van der Waals surface area (Å²) in [5.74, 6) is 3.60. The lowest BCUT2D eigenvalue weighted by Crippen LogP contribution is -2.46. The van der Waals surface area contributed by atoms with E-state index in [1.165, 1.54) is 5.56 Å². The van der Waals surface area contributed by atoms with Crippen LogP contribution in [0.3, 0.4) is 0 Å². The number of hydrogen-bond acceptors (Lipinski definition) is 6. The van der Waals surface area contributed by atoms with Crippen molar-refractivity contribution in [1.82, 2.24) is 4.90 Å². The first-order valence-corrected chi connectivity index (χ1v) is 18.0. The molecule has 1 atom stereocenters. The van der Waals surface area contributed by atoms with Crippen molar-refractivity contribution in [1.29, 1.82) is 0 Å². The molecule has 0 amide bonds. The zero-order valence-electron chi connectivity index (χ0n) is 26.9. The molecule has 0 unspecified atom stereocenters. The number of benzene rings is 1. The Morgan fingerprint density at radius 2 is 1.73 bits per heavy atom. The molecule has 1 aliphatic rings. The van der Waals surface area contributed by atoms with Gasteiger partial charge >= 0.3 is 5.97 Å². The van der Waals surface area contributed by atoms with Crippen molar-refractivity contribution in [2.24, 2.45) is 5.41 Å². The third kappa shape index (κ3) is 12.6. The maximum Gasteiger partial charge on any atom is 0.333 e. The van der Waals surface area contributed by atoms with Crippen LogP contribution in [0.1, 0.15) is 73.3 Å². The van der Waals surface area contributed by atoms with Crippen LogP contribution in [-0.2, 0) is 25.5 Å². The molecule has 1 saturated heterocycles. The molecule has 7 heteroatoms. The fourth-order valence-electron chi connectivity index (χ4n) is 4.17. The molecule has 224 valence electrons. The standard InChI is InChI=1S/C33H53NO5Si/c1-26(30(35)39-31(2,3)4)13-12-21-34(23-27-14-16-29(36-8)17-15-27)28(19-22-40(9,10)11)18-20-33(7)37-24-32(5,6)25-38-33/h13-17,28H,12,18,20-21,23-25H2,1-11H3/b26-13+/t28-/m1/s1. The molecule has 2 rings (SSSR count). The average Bonchev–Trinajstić information content (AvgIpc) is 2.84. The Kier molecular flexibility index (Phi) is 12.1. The van der Waals surface area contributed by atoms with Gasteiger partial charge in [-0.25, -0.2) is 4.79 Å². The molecule has 1 aliphatic heterocycles. The molecule has 0 bridgehead atoms. The third-order valence-corrected chi connectivity index (χ3v) is 7.49. The van der Waals surface area contributed by atoms with Gasteiger partial charge in [0.1, 0.15) is 19.4 Å². The molecule has 1 heterocycles. The summed E-state index contributed by atoms with van der Waals surface area (Å²) in [6, 6.07) is 8.22. The summed E-state index contributed by atoms with van der Waals surface area (Å²) in [6.07, 6.45) is 4.26. The normalized spacial score (nSPS) is 18.1. The van der Waals surface area contributed by atoms with E-state index in [-0.39, 0.29) is 17.4 Å². The Morgan fingerprint density at radius 3 is 2.25 bits per heavy atom. The van der Waals surface area contributed by atoms with Crippen LogP contribution in [0.5, 0.6) is 5.75 Å². The Morgan fingerprint density at radius 1 is 1.12 bits per heavy atom. The van der Waals surface area contributed by atoms with Crippen LogP contribution < -0.4 is 4.74 Å². The summed E-state index contributed by atoms with van der Waals surface area (Å²) in [7, 11) is 0.0768. The maximum absolute atomic E-state index is 12.5. The highest BCUT2D eigenvalue weighted by Crippen LogP contribution is 2.33. The van der Waals surface area contributed by atoms with Gasteiger partial charge in [-0.15, -0.1) is 5.54 Å². The zero-order chi connectivity index (χ0) is 30.2. The van der Waals surface area contributed by atoms with E-state index in [4.69, 9.17) is 18.9 Å². The second-order valence-corrected chi connectivity index (χ2v) is 18.7. The quantitative estimate of drug-likeness (QED) is 0.123. The van der Waals surface area contributed by atoms with Gasteiger partial charge in [0.15, 0.2) is 5.79 Å². The zero-order valence-corrected chi connectivity index (χ0v) is 27.9. The minimum atomic E-state index is -1.60. The van der Waals surface area contributed by atoms with Crippen LogP contribution in [-0.4, -0.2) is 63.2 Å². The Bertz CT molecular complexity index is 1040. The van der Waals surface area contributed by atoms with E-state index in [0.717, 1.165) is 31.7 Å². The van der Waals surface area contributed by atoms with Crippen molar-refractivity contribution in [2.45, 2.75) is 111 Å². The smallest absolute Gasteiger partial charge is 0.333 e. The minimum Gasteiger partial charge on any atom is -0.497 e. The predicted octanol–water partition coefficient (Wildman–Crippen LogP) is 6.99. The van der Waals surface area contributed by atoms with Gasteiger partial charge in [-0.3, -0.25) is 4.90 Å². The fourth-order valence-corrected chi connectivity index (χ4v) is 4.77. The molecular formula is C33H53NO5Si. The SMILES string of the molecule is COc1ccc(CN(CC/C=C(\C)C(=O)OC(C)(C)C)[C@@H](C#C[Si](C)(C)C)CCC2(C)OCC(C)(C)CO2)cc1. The van der Waals surface area contributed by atoms with Gasteiger partial charge in [0.05, 0.1) is 26.4 Å². The lowest BCUT2D eigenvalue weighted by molar-refractivity contribution is -0.292. The van der Waals surface area contributed by atoms with Crippen molar-refractivity contribution in [3.63, 3.8) is 0 Å². The van der Waals surface area contributed by atoms with Crippen LogP contribution in [0, 0.1) is 16.9 Å². The number of esters is 1. The molecule has 6 nitrogen and oxygen atoms in total. The average molecular weight is 572 g/mol. The Labute approximate surface area is 244 Å². The van der Waals surface area contributed by atoms with E-state index in [1.54, 1.807) is 7.11 Å². The molecule has 0 spiro atoms. The molecule has 0 N–H and O–H groups in total. The summed E-state index contributed by atoms with van der Waals surface area (Å²) in [4.78, 5) is 15.0. The third-order valence-electron chi connectivity index (χ3n) is 6.60. The lowest BCUT2D eigenvalue weighted by atomic mass is 9.94. The molecule has 0 aromatic heterocycles. The summed E-state index contributed by atoms with van der Waals surface area (Å²) < 4.78 is 23.4. The van der Waals surface area contributed by atoms with E-state index >= 15 is 0 Å². The summed E-state index contributed by atoms with van der Waals surface area (Å²) in [6.45, 7) is 23.5. The number of hydrogen-bond donors (Lipinski definition) is 0. The van der Waals surface area contributed by atoms with Gasteiger partial charge in [-0.2, -0.15) is 0 Å². The highest BCUT2D eigenvalue weighted by Gasteiger charge is 2.37. The number of ether oxygens (including phenoxy) is 4. The van der Waals surface area contributed by atoms with E-state index in [2.05, 4.69) is 62.0 Å². The topological polar surface area (TPSA) is 57.2 Å². The van der Waals surface area contributed by atoms with Crippen LogP contribution in [0.4, 0.5) is 0 Å². The molecule has 0 radical (unpaired) electrons. The van der Waals surface area contributed by atoms with Crippen molar-refractivity contribution in [2.75, 3.05) is 26.9 Å². The first-order valence-electron chi connectivity index (χ1n) is 14.5. The number of methoxy groups -OCH3 is 1. The molecule has 0 aliphatic carbocycles. The van der Waals surface area contributed by atoms with E-state index in [1.807, 2.05) is 52.8 Å². The van der Waals surface area contributed by atoms with Crippen molar-refractivity contribution in [3.05, 3.63) is 41.5 Å². The Hall–Kier alpha value is -2.11. The van der Waals surface area contributed by atoms with Crippen LogP contribution in [0.2, 0.25) is 19.6 Å². The largest absolute Gasteiger partial charge is 0.497 e. The van der Waals surface area contributed by atoms with Crippen LogP contribution in [0.15, 0.2) is 35.9 Å². The van der Waals surface area contributed by atoms with Gasteiger partial charge < -0.3 is 18.9 Å². The summed E-state index contributed by atoms with van der Waals surface area (Å²) >= 11 is 0. The monoisotopic (exact) mass is 571 g/mol. The van der Waals surface area contributed by atoms with E-state index < -0.39 is 19.5 Å². The lowest BCUT2D eigenvalue weighted by Gasteiger charge is -2.42. The molecule has 1 aromatic rings. The maximum atomic E-state index is 12.5. The highest BCUT2D eigenvalue weighted by atomic mass is 28.3. The van der Waals surface area contributed by atoms with Gasteiger partial charge in [0, 0.05) is 30.5 Å². The number of rotatable bonds is 11. The molecule has 40 heavy (non-hydrogen) atoms. The molecular weight excluding hydrogens is 518 g/mol. The fraction of sp³-hybridized carbons (Fsp3) is 0.667. The van der Waals surface area contributed by atoms with Gasteiger partial charge in [-0.1, -0.05) is 57.6 Å². The number of carbonyl (C=O) groups excluding carboxylic acids is 1. The second-order valence-electron chi connectivity index (χ2n) is 13.9. The first kappa shape index (κ1) is 34.1. The first-order chi connectivity index (χ1) is 18.4. The second kappa shape index (κ2) is 14.2. The van der Waals surface area contributed by atoms with Crippen molar-refractivity contribution < 1.29 is 23.7 Å². The predicted molar refractivity (Wildman–Crippen MR) is 166 cm³/mol. The summed E-state index contributed by atoms with van der Waals surface area (Å²) in [5.41, 5.74) is 4.94. The molecule has 1 fully saturated rings. The Balaban J connectivity index is 2.29. The molecule has 0 saturated carbocycles. The highest BCUT2D eigenvalue weighted by molar-refractivity contribution is 6.83. The van der Waals surface area contributed by atoms with Gasteiger partial charge in [-0.05, 0) is 65.2 Å². The van der Waals surface area contributed by atoms with Gasteiger partial charge in [0.25, 0.3) is 0 Å².